The summed E-state index contributed by atoms with van der Waals surface area (Å²) in [6, 6.07) is 10.3. The quantitative estimate of drug-likeness (QED) is 0.418. The molecule has 1 aliphatic rings. The van der Waals surface area contributed by atoms with Crippen molar-refractivity contribution in [1.29, 1.82) is 0 Å². The van der Waals surface area contributed by atoms with Gasteiger partial charge in [-0.25, -0.2) is 0 Å². The van der Waals surface area contributed by atoms with Gasteiger partial charge in [-0.15, -0.1) is 0 Å². The van der Waals surface area contributed by atoms with Crippen LogP contribution in [0.4, 0.5) is 0 Å². The molecule has 0 aromatic heterocycles. The molecule has 176 valence electrons. The Morgan fingerprint density at radius 1 is 0.844 bits per heavy atom. The molecule has 0 amide bonds. The molecule has 0 radical (unpaired) electrons. The molecule has 3 N–H and O–H groups in total. The summed E-state index contributed by atoms with van der Waals surface area (Å²) in [6.45, 7) is -0.653. The third kappa shape index (κ3) is 5.08. The Kier molecular flexibility index (Phi) is 8.54. The standard InChI is InChI=1S/C23H30O9/c1-27-12-32-23(15-5-7-19-21(9-15)31-13-30-19)17(11-25)16(10-24)22(26)14-4-6-18(28-2)20(8-14)29-3/h4-9,16-17,22-26H,10-13H2,1-3H3/t16-,17+,22+,23-/m1/s1. The first-order valence-electron chi connectivity index (χ1n) is 10.2. The Balaban J connectivity index is 1.93. The van der Waals surface area contributed by atoms with Crippen molar-refractivity contribution in [2.45, 2.75) is 12.2 Å². The SMILES string of the molecule is COCO[C@H](c1ccc2c(c1)OCO2)[C@@H](CO)[C@@H](CO)[C@@H](O)c1ccc(OC)c(OC)c1. The van der Waals surface area contributed by atoms with Crippen LogP contribution in [0.25, 0.3) is 0 Å². The Bertz CT molecular complexity index is 873. The van der Waals surface area contributed by atoms with E-state index >= 15 is 0 Å². The van der Waals surface area contributed by atoms with Crippen LogP contribution in [-0.4, -0.2) is 63.4 Å². The Labute approximate surface area is 187 Å². The van der Waals surface area contributed by atoms with Gasteiger partial charge in [-0.3, -0.25) is 0 Å². The average molecular weight is 450 g/mol. The van der Waals surface area contributed by atoms with Crippen LogP contribution >= 0.6 is 0 Å². The highest BCUT2D eigenvalue weighted by molar-refractivity contribution is 5.46. The number of aliphatic hydroxyl groups is 3. The summed E-state index contributed by atoms with van der Waals surface area (Å²) in [4.78, 5) is 0. The maximum absolute atomic E-state index is 11.1. The third-order valence-electron chi connectivity index (χ3n) is 5.61. The maximum atomic E-state index is 11.1. The van der Waals surface area contributed by atoms with Gasteiger partial charge >= 0.3 is 0 Å². The largest absolute Gasteiger partial charge is 0.493 e. The molecule has 9 nitrogen and oxygen atoms in total. The smallest absolute Gasteiger partial charge is 0.231 e. The van der Waals surface area contributed by atoms with Crippen molar-refractivity contribution in [1.82, 2.24) is 0 Å². The topological polar surface area (TPSA) is 116 Å². The fraction of sp³-hybridized carbons (Fsp3) is 0.478. The number of fused-ring (bicyclic) bond motifs is 1. The summed E-state index contributed by atoms with van der Waals surface area (Å²) in [5, 5.41) is 31.6. The molecule has 3 rings (SSSR count). The van der Waals surface area contributed by atoms with Gasteiger partial charge in [-0.2, -0.15) is 0 Å². The average Bonchev–Trinajstić information content (AvgIpc) is 3.30. The lowest BCUT2D eigenvalue weighted by atomic mass is 9.79. The Morgan fingerprint density at radius 3 is 2.19 bits per heavy atom. The van der Waals surface area contributed by atoms with Crippen LogP contribution in [0, 0.1) is 11.8 Å². The predicted octanol–water partition coefficient (Wildman–Crippen LogP) is 2.04. The first kappa shape index (κ1) is 24.1. The molecule has 4 atom stereocenters. The van der Waals surface area contributed by atoms with Crippen molar-refractivity contribution in [3.05, 3.63) is 47.5 Å². The molecule has 0 aliphatic carbocycles. The van der Waals surface area contributed by atoms with Crippen molar-refractivity contribution in [3.63, 3.8) is 0 Å². The summed E-state index contributed by atoms with van der Waals surface area (Å²) >= 11 is 0. The van der Waals surface area contributed by atoms with Gasteiger partial charge in [-0.05, 0) is 35.4 Å². The Morgan fingerprint density at radius 2 is 1.53 bits per heavy atom. The zero-order chi connectivity index (χ0) is 23.1. The summed E-state index contributed by atoms with van der Waals surface area (Å²) < 4.78 is 32.4. The van der Waals surface area contributed by atoms with Gasteiger partial charge in [0.1, 0.15) is 6.79 Å². The summed E-state index contributed by atoms with van der Waals surface area (Å²) in [5.41, 5.74) is 1.21. The lowest BCUT2D eigenvalue weighted by Crippen LogP contribution is -2.34. The van der Waals surface area contributed by atoms with Gasteiger partial charge in [0.05, 0.1) is 26.4 Å². The number of aliphatic hydroxyl groups excluding tert-OH is 3. The van der Waals surface area contributed by atoms with E-state index in [2.05, 4.69) is 0 Å². The number of hydrogen-bond acceptors (Lipinski definition) is 9. The highest BCUT2D eigenvalue weighted by Gasteiger charge is 2.36. The zero-order valence-corrected chi connectivity index (χ0v) is 18.4. The second-order valence-corrected chi connectivity index (χ2v) is 7.36. The number of rotatable bonds is 12. The van der Waals surface area contributed by atoms with Crippen molar-refractivity contribution >= 4 is 0 Å². The molecule has 0 saturated heterocycles. The molecule has 0 bridgehead atoms. The first-order chi connectivity index (χ1) is 15.6. The van der Waals surface area contributed by atoms with E-state index in [1.807, 2.05) is 0 Å². The second-order valence-electron chi connectivity index (χ2n) is 7.36. The lowest BCUT2D eigenvalue weighted by Gasteiger charge is -2.34. The summed E-state index contributed by atoms with van der Waals surface area (Å²) in [7, 11) is 4.52. The fourth-order valence-corrected chi connectivity index (χ4v) is 3.91. The van der Waals surface area contributed by atoms with Crippen LogP contribution in [0.3, 0.4) is 0 Å². The molecular formula is C23H30O9. The molecular weight excluding hydrogens is 420 g/mol. The van der Waals surface area contributed by atoms with Gasteiger partial charge in [0.15, 0.2) is 23.0 Å². The van der Waals surface area contributed by atoms with Gasteiger partial charge in [0.2, 0.25) is 6.79 Å². The molecule has 2 aromatic carbocycles. The summed E-state index contributed by atoms with van der Waals surface area (Å²) in [5.74, 6) is 0.715. The normalized spacial score (nSPS) is 16.3. The van der Waals surface area contributed by atoms with E-state index < -0.39 is 30.7 Å². The number of methoxy groups -OCH3 is 3. The molecule has 32 heavy (non-hydrogen) atoms. The van der Waals surface area contributed by atoms with E-state index in [0.717, 1.165) is 0 Å². The molecule has 1 aliphatic heterocycles. The highest BCUT2D eigenvalue weighted by atomic mass is 16.7. The van der Waals surface area contributed by atoms with E-state index in [1.165, 1.54) is 21.3 Å². The molecule has 0 fully saturated rings. The minimum atomic E-state index is -1.11. The lowest BCUT2D eigenvalue weighted by molar-refractivity contribution is -0.126. The molecule has 1 heterocycles. The molecule has 2 aromatic rings. The van der Waals surface area contributed by atoms with Gasteiger partial charge < -0.3 is 43.7 Å². The fourth-order valence-electron chi connectivity index (χ4n) is 3.91. The van der Waals surface area contributed by atoms with E-state index in [1.54, 1.807) is 36.4 Å². The molecule has 9 heteroatoms. The number of hydrogen-bond donors (Lipinski definition) is 3. The monoisotopic (exact) mass is 450 g/mol. The third-order valence-corrected chi connectivity index (χ3v) is 5.61. The van der Waals surface area contributed by atoms with Crippen molar-refractivity contribution in [2.24, 2.45) is 11.8 Å². The van der Waals surface area contributed by atoms with Crippen molar-refractivity contribution < 1.29 is 43.7 Å². The zero-order valence-electron chi connectivity index (χ0n) is 18.4. The molecule has 0 unspecified atom stereocenters. The minimum Gasteiger partial charge on any atom is -0.493 e. The van der Waals surface area contributed by atoms with Crippen molar-refractivity contribution in [2.75, 3.05) is 48.1 Å². The van der Waals surface area contributed by atoms with E-state index in [0.29, 0.717) is 34.1 Å². The van der Waals surface area contributed by atoms with Crippen LogP contribution in [0.1, 0.15) is 23.3 Å². The Hall–Kier alpha value is -2.56. The van der Waals surface area contributed by atoms with Gasteiger partial charge in [-0.1, -0.05) is 12.1 Å². The van der Waals surface area contributed by atoms with Crippen molar-refractivity contribution in [3.8, 4) is 23.0 Å². The maximum Gasteiger partial charge on any atom is 0.231 e. The minimum absolute atomic E-state index is 0.0415. The first-order valence-corrected chi connectivity index (χ1v) is 10.2. The number of ether oxygens (including phenoxy) is 6. The van der Waals surface area contributed by atoms with Crippen LogP contribution < -0.4 is 18.9 Å². The van der Waals surface area contributed by atoms with Crippen LogP contribution in [0.5, 0.6) is 23.0 Å². The second kappa shape index (κ2) is 11.3. The van der Waals surface area contributed by atoms with E-state index in [9.17, 15) is 15.3 Å². The van der Waals surface area contributed by atoms with Crippen LogP contribution in [-0.2, 0) is 9.47 Å². The summed E-state index contributed by atoms with van der Waals surface area (Å²) in [6.07, 6.45) is -1.80. The predicted molar refractivity (Wildman–Crippen MR) is 114 cm³/mol. The van der Waals surface area contributed by atoms with Crippen LogP contribution in [0.15, 0.2) is 36.4 Å². The van der Waals surface area contributed by atoms with Gasteiger partial charge in [0, 0.05) is 32.2 Å². The highest BCUT2D eigenvalue weighted by Crippen LogP contribution is 2.42. The molecule has 0 spiro atoms. The molecule has 0 saturated carbocycles. The van der Waals surface area contributed by atoms with Gasteiger partial charge in [0.25, 0.3) is 0 Å². The van der Waals surface area contributed by atoms with E-state index in [4.69, 9.17) is 28.4 Å². The van der Waals surface area contributed by atoms with E-state index in [-0.39, 0.29) is 20.2 Å². The number of benzene rings is 2. The van der Waals surface area contributed by atoms with Crippen LogP contribution in [0.2, 0.25) is 0 Å².